The van der Waals surface area contributed by atoms with Gasteiger partial charge in [0.15, 0.2) is 0 Å². The Morgan fingerprint density at radius 3 is 1.94 bits per heavy atom. The van der Waals surface area contributed by atoms with Crippen LogP contribution in [0.3, 0.4) is 0 Å². The zero-order valence-electron chi connectivity index (χ0n) is 10.9. The molecule has 0 saturated heterocycles. The maximum absolute atomic E-state index is 12.5. The smallest absolute Gasteiger partial charge is 0.377 e. The molecule has 0 heterocycles. The Kier molecular flexibility index (Phi) is 4.40. The van der Waals surface area contributed by atoms with Crippen LogP contribution in [0.2, 0.25) is 0 Å². The first kappa shape index (κ1) is 15.0. The Labute approximate surface area is 105 Å². The van der Waals surface area contributed by atoms with Gasteiger partial charge < -0.3 is 10.1 Å². The van der Waals surface area contributed by atoms with Crippen LogP contribution in [-0.2, 0) is 10.9 Å². The summed E-state index contributed by atoms with van der Waals surface area (Å²) in [5.74, 6) is 0. The molecular formula is C13H18F3NO. The highest BCUT2D eigenvalue weighted by Crippen LogP contribution is 2.32. The summed E-state index contributed by atoms with van der Waals surface area (Å²) in [5, 5.41) is 3.06. The van der Waals surface area contributed by atoms with Crippen molar-refractivity contribution in [1.29, 1.82) is 0 Å². The molecule has 1 N–H and O–H groups in total. The number of nitrogens with one attached hydrogen (secondary N) is 1. The second-order valence-corrected chi connectivity index (χ2v) is 4.65. The second-order valence-electron chi connectivity index (χ2n) is 4.65. The highest BCUT2D eigenvalue weighted by atomic mass is 19.4. The van der Waals surface area contributed by atoms with Gasteiger partial charge in [-0.15, -0.1) is 0 Å². The summed E-state index contributed by atoms with van der Waals surface area (Å²) in [5.41, 5.74) is -0.386. The van der Waals surface area contributed by atoms with E-state index in [-0.39, 0.29) is 6.04 Å². The van der Waals surface area contributed by atoms with Crippen LogP contribution in [-0.4, -0.2) is 19.8 Å². The van der Waals surface area contributed by atoms with Crippen LogP contribution >= 0.6 is 0 Å². The number of rotatable bonds is 4. The second kappa shape index (κ2) is 5.28. The molecule has 1 aromatic carbocycles. The largest absolute Gasteiger partial charge is 0.416 e. The van der Waals surface area contributed by atoms with E-state index in [9.17, 15) is 13.2 Å². The Morgan fingerprint density at radius 1 is 1.11 bits per heavy atom. The SMILES string of the molecule is CNC(c1ccc(C(F)(F)F)cc1)C(C)(C)OC. The molecule has 1 atom stereocenters. The third-order valence-electron chi connectivity index (χ3n) is 3.08. The minimum absolute atomic E-state index is 0.176. The molecule has 0 aromatic heterocycles. The minimum atomic E-state index is -4.30. The van der Waals surface area contributed by atoms with E-state index in [1.165, 1.54) is 12.1 Å². The van der Waals surface area contributed by atoms with Crippen molar-refractivity contribution in [3.8, 4) is 0 Å². The van der Waals surface area contributed by atoms with Crippen molar-refractivity contribution in [1.82, 2.24) is 5.32 Å². The van der Waals surface area contributed by atoms with Crippen LogP contribution in [0.1, 0.15) is 31.0 Å². The lowest BCUT2D eigenvalue weighted by molar-refractivity contribution is -0.137. The minimum Gasteiger partial charge on any atom is -0.377 e. The third kappa shape index (κ3) is 3.23. The maximum atomic E-state index is 12.5. The number of likely N-dealkylation sites (N-methyl/N-ethyl adjacent to an activating group) is 1. The molecule has 0 amide bonds. The van der Waals surface area contributed by atoms with Gasteiger partial charge in [-0.05, 0) is 38.6 Å². The van der Waals surface area contributed by atoms with E-state index in [1.54, 1.807) is 14.2 Å². The molecule has 0 aliphatic rings. The van der Waals surface area contributed by atoms with Gasteiger partial charge in [0.25, 0.3) is 0 Å². The van der Waals surface area contributed by atoms with Gasteiger partial charge in [0.2, 0.25) is 0 Å². The number of hydrogen-bond donors (Lipinski definition) is 1. The van der Waals surface area contributed by atoms with Crippen LogP contribution in [0.25, 0.3) is 0 Å². The topological polar surface area (TPSA) is 21.3 Å². The summed E-state index contributed by atoms with van der Waals surface area (Å²) < 4.78 is 42.7. The zero-order chi connectivity index (χ0) is 14.0. The summed E-state index contributed by atoms with van der Waals surface area (Å²) >= 11 is 0. The lowest BCUT2D eigenvalue weighted by Gasteiger charge is -2.33. The van der Waals surface area contributed by atoms with Crippen molar-refractivity contribution in [2.75, 3.05) is 14.2 Å². The van der Waals surface area contributed by atoms with E-state index in [1.807, 2.05) is 13.8 Å². The van der Waals surface area contributed by atoms with Gasteiger partial charge in [0.1, 0.15) is 0 Å². The highest BCUT2D eigenvalue weighted by Gasteiger charge is 2.32. The van der Waals surface area contributed by atoms with Crippen molar-refractivity contribution < 1.29 is 17.9 Å². The first-order chi connectivity index (χ1) is 8.22. The van der Waals surface area contributed by atoms with Crippen molar-refractivity contribution in [3.05, 3.63) is 35.4 Å². The maximum Gasteiger partial charge on any atom is 0.416 e. The molecule has 0 aliphatic carbocycles. The lowest BCUT2D eigenvalue weighted by Crippen LogP contribution is -2.39. The van der Waals surface area contributed by atoms with Gasteiger partial charge in [-0.2, -0.15) is 13.2 Å². The molecule has 18 heavy (non-hydrogen) atoms. The average molecular weight is 261 g/mol. The number of benzene rings is 1. The first-order valence-electron chi connectivity index (χ1n) is 5.62. The third-order valence-corrected chi connectivity index (χ3v) is 3.08. The molecule has 102 valence electrons. The van der Waals surface area contributed by atoms with Crippen molar-refractivity contribution in [3.63, 3.8) is 0 Å². The predicted octanol–water partition coefficient (Wildman–Crippen LogP) is 3.39. The summed E-state index contributed by atoms with van der Waals surface area (Å²) in [7, 11) is 3.33. The molecule has 1 aromatic rings. The van der Waals surface area contributed by atoms with E-state index in [0.717, 1.165) is 17.7 Å². The quantitative estimate of drug-likeness (QED) is 0.897. The van der Waals surface area contributed by atoms with Gasteiger partial charge >= 0.3 is 6.18 Å². The van der Waals surface area contributed by atoms with Gasteiger partial charge in [-0.1, -0.05) is 12.1 Å². The van der Waals surface area contributed by atoms with Gasteiger partial charge in [0, 0.05) is 7.11 Å². The molecule has 2 nitrogen and oxygen atoms in total. The fourth-order valence-electron chi connectivity index (χ4n) is 1.90. The summed E-state index contributed by atoms with van der Waals surface area (Å²) in [6.45, 7) is 3.76. The first-order valence-corrected chi connectivity index (χ1v) is 5.62. The molecule has 1 unspecified atom stereocenters. The molecule has 5 heteroatoms. The zero-order valence-corrected chi connectivity index (χ0v) is 10.9. The fourth-order valence-corrected chi connectivity index (χ4v) is 1.90. The number of alkyl halides is 3. The van der Waals surface area contributed by atoms with E-state index in [0.29, 0.717) is 0 Å². The van der Waals surface area contributed by atoms with Crippen molar-refractivity contribution in [2.45, 2.75) is 31.7 Å². The number of hydrogen-bond acceptors (Lipinski definition) is 2. The van der Waals surface area contributed by atoms with Gasteiger partial charge in [0.05, 0.1) is 17.2 Å². The van der Waals surface area contributed by atoms with Crippen molar-refractivity contribution >= 4 is 0 Å². The summed E-state index contributed by atoms with van der Waals surface area (Å²) in [6, 6.07) is 4.96. The van der Waals surface area contributed by atoms with Crippen LogP contribution in [0.15, 0.2) is 24.3 Å². The molecule has 0 radical (unpaired) electrons. The van der Waals surface area contributed by atoms with Crippen LogP contribution in [0.4, 0.5) is 13.2 Å². The Bertz CT molecular complexity index is 384. The van der Waals surface area contributed by atoms with Gasteiger partial charge in [-0.3, -0.25) is 0 Å². The molecule has 1 rings (SSSR count). The molecular weight excluding hydrogens is 243 g/mol. The average Bonchev–Trinajstić information content (AvgIpc) is 2.29. The Morgan fingerprint density at radius 2 is 1.61 bits per heavy atom. The monoisotopic (exact) mass is 261 g/mol. The fraction of sp³-hybridized carbons (Fsp3) is 0.538. The lowest BCUT2D eigenvalue weighted by atomic mass is 9.91. The van der Waals surface area contributed by atoms with Gasteiger partial charge in [-0.25, -0.2) is 0 Å². The molecule has 0 fully saturated rings. The molecule has 0 spiro atoms. The molecule has 0 saturated carbocycles. The van der Waals surface area contributed by atoms with E-state index >= 15 is 0 Å². The molecule has 0 aliphatic heterocycles. The standard InChI is InChI=1S/C13H18F3NO/c1-12(2,18-4)11(17-3)9-5-7-10(8-6-9)13(14,15)16/h5-8,11,17H,1-4H3. The van der Waals surface area contributed by atoms with Crippen LogP contribution in [0.5, 0.6) is 0 Å². The van der Waals surface area contributed by atoms with Crippen LogP contribution < -0.4 is 5.32 Å². The Hall–Kier alpha value is -1.07. The highest BCUT2D eigenvalue weighted by molar-refractivity contribution is 5.28. The number of methoxy groups -OCH3 is 1. The molecule has 0 bridgehead atoms. The number of halogens is 3. The van der Waals surface area contributed by atoms with E-state index in [4.69, 9.17) is 4.74 Å². The number of ether oxygens (including phenoxy) is 1. The normalized spacial score (nSPS) is 14.6. The predicted molar refractivity (Wildman–Crippen MR) is 64.3 cm³/mol. The summed E-state index contributed by atoms with van der Waals surface area (Å²) in [4.78, 5) is 0. The summed E-state index contributed by atoms with van der Waals surface area (Å²) in [6.07, 6.45) is -4.30. The van der Waals surface area contributed by atoms with Crippen molar-refractivity contribution in [2.24, 2.45) is 0 Å². The van der Waals surface area contributed by atoms with E-state index < -0.39 is 17.3 Å². The van der Waals surface area contributed by atoms with Crippen LogP contribution in [0, 0.1) is 0 Å². The van der Waals surface area contributed by atoms with E-state index in [2.05, 4.69) is 5.32 Å². The Balaban J connectivity index is 3.03.